The van der Waals surface area contributed by atoms with E-state index in [2.05, 4.69) is 6.92 Å². The molecule has 2 aromatic carbocycles. The van der Waals surface area contributed by atoms with Gasteiger partial charge in [-0.15, -0.1) is 0 Å². The summed E-state index contributed by atoms with van der Waals surface area (Å²) in [5, 5.41) is 0. The Hall–Kier alpha value is -3.01. The van der Waals surface area contributed by atoms with Crippen molar-refractivity contribution >= 4 is 0 Å². The molecule has 4 nitrogen and oxygen atoms in total. The Kier molecular flexibility index (Phi) is 5.74. The van der Waals surface area contributed by atoms with E-state index in [0.717, 1.165) is 17.0 Å². The minimum absolute atomic E-state index is 0.110. The molecule has 1 heterocycles. The van der Waals surface area contributed by atoms with Gasteiger partial charge in [-0.1, -0.05) is 37.3 Å². The van der Waals surface area contributed by atoms with Gasteiger partial charge in [-0.05, 0) is 42.8 Å². The summed E-state index contributed by atoms with van der Waals surface area (Å²) >= 11 is 0. The van der Waals surface area contributed by atoms with E-state index in [9.17, 15) is 4.79 Å². The van der Waals surface area contributed by atoms with Crippen LogP contribution in [0.5, 0.6) is 11.5 Å². The van der Waals surface area contributed by atoms with Gasteiger partial charge >= 0.3 is 0 Å². The Balaban J connectivity index is 1.57. The fraction of sp³-hybridized carbons (Fsp3) is 0.227. The SMILES string of the molecule is Cc1cccc(-n2ccc(OC[C@H](C)COc3ccccc3)cc2=O)c1. The molecule has 1 aromatic heterocycles. The summed E-state index contributed by atoms with van der Waals surface area (Å²) in [5.41, 5.74) is 1.86. The zero-order chi connectivity index (χ0) is 18.4. The summed E-state index contributed by atoms with van der Waals surface area (Å²) in [6.45, 7) is 5.10. The minimum Gasteiger partial charge on any atom is -0.493 e. The van der Waals surface area contributed by atoms with E-state index >= 15 is 0 Å². The first-order valence-electron chi connectivity index (χ1n) is 8.72. The Bertz CT molecular complexity index is 903. The number of pyridine rings is 1. The van der Waals surface area contributed by atoms with Crippen molar-refractivity contribution in [1.29, 1.82) is 0 Å². The van der Waals surface area contributed by atoms with E-state index in [1.54, 1.807) is 10.8 Å². The number of rotatable bonds is 7. The third-order valence-electron chi connectivity index (χ3n) is 3.98. The van der Waals surface area contributed by atoms with Crippen LogP contribution in [0.2, 0.25) is 0 Å². The van der Waals surface area contributed by atoms with Crippen LogP contribution in [0.15, 0.2) is 77.7 Å². The molecular formula is C22H23NO3. The molecule has 0 spiro atoms. The molecule has 134 valence electrons. The smallest absolute Gasteiger partial charge is 0.258 e. The quantitative estimate of drug-likeness (QED) is 0.640. The van der Waals surface area contributed by atoms with Crippen LogP contribution in [0.25, 0.3) is 5.69 Å². The number of aromatic nitrogens is 1. The monoisotopic (exact) mass is 349 g/mol. The maximum absolute atomic E-state index is 12.4. The highest BCUT2D eigenvalue weighted by molar-refractivity contribution is 5.36. The van der Waals surface area contributed by atoms with Crippen LogP contribution in [-0.4, -0.2) is 17.8 Å². The topological polar surface area (TPSA) is 40.5 Å². The summed E-state index contributed by atoms with van der Waals surface area (Å²) in [6, 6.07) is 20.9. The first-order valence-corrected chi connectivity index (χ1v) is 8.72. The molecule has 0 bridgehead atoms. The van der Waals surface area contributed by atoms with Crippen LogP contribution in [0.3, 0.4) is 0 Å². The molecule has 26 heavy (non-hydrogen) atoms. The van der Waals surface area contributed by atoms with Crippen molar-refractivity contribution in [3.63, 3.8) is 0 Å². The molecule has 3 rings (SSSR count). The first kappa shape index (κ1) is 17.8. The molecule has 0 aliphatic rings. The maximum atomic E-state index is 12.4. The molecule has 1 atom stereocenters. The second-order valence-corrected chi connectivity index (χ2v) is 6.45. The molecule has 0 aliphatic heterocycles. The van der Waals surface area contributed by atoms with Crippen molar-refractivity contribution in [2.45, 2.75) is 13.8 Å². The summed E-state index contributed by atoms with van der Waals surface area (Å²) in [5.74, 6) is 1.62. The molecule has 0 aliphatic carbocycles. The van der Waals surface area contributed by atoms with Gasteiger partial charge in [0.05, 0.1) is 13.2 Å². The third kappa shape index (κ3) is 4.76. The summed E-state index contributed by atoms with van der Waals surface area (Å²) in [6.07, 6.45) is 1.75. The number of hydrogen-bond acceptors (Lipinski definition) is 3. The van der Waals surface area contributed by atoms with Gasteiger partial charge in [-0.3, -0.25) is 9.36 Å². The van der Waals surface area contributed by atoms with Gasteiger partial charge in [0.25, 0.3) is 5.56 Å². The molecule has 0 saturated heterocycles. The Labute approximate surface area is 153 Å². The second-order valence-electron chi connectivity index (χ2n) is 6.45. The largest absolute Gasteiger partial charge is 0.493 e. The van der Waals surface area contributed by atoms with Gasteiger partial charge in [-0.2, -0.15) is 0 Å². The Morgan fingerprint density at radius 1 is 0.885 bits per heavy atom. The lowest BCUT2D eigenvalue weighted by atomic mass is 10.2. The molecule has 0 radical (unpaired) electrons. The average Bonchev–Trinajstić information content (AvgIpc) is 2.65. The summed E-state index contributed by atoms with van der Waals surface area (Å²) in [7, 11) is 0. The number of ether oxygens (including phenoxy) is 2. The van der Waals surface area contributed by atoms with Crippen molar-refractivity contribution in [3.05, 3.63) is 88.8 Å². The van der Waals surface area contributed by atoms with Gasteiger partial charge in [-0.25, -0.2) is 0 Å². The lowest BCUT2D eigenvalue weighted by Gasteiger charge is -2.15. The zero-order valence-corrected chi connectivity index (χ0v) is 15.1. The highest BCUT2D eigenvalue weighted by Gasteiger charge is 2.07. The molecule has 0 amide bonds. The highest BCUT2D eigenvalue weighted by atomic mass is 16.5. The third-order valence-corrected chi connectivity index (χ3v) is 3.98. The van der Waals surface area contributed by atoms with Gasteiger partial charge in [0, 0.05) is 23.9 Å². The van der Waals surface area contributed by atoms with Crippen LogP contribution >= 0.6 is 0 Å². The van der Waals surface area contributed by atoms with E-state index in [4.69, 9.17) is 9.47 Å². The second kappa shape index (κ2) is 8.39. The van der Waals surface area contributed by atoms with Crippen LogP contribution in [0.1, 0.15) is 12.5 Å². The van der Waals surface area contributed by atoms with Crippen molar-refractivity contribution in [2.24, 2.45) is 5.92 Å². The molecule has 0 saturated carbocycles. The molecular weight excluding hydrogens is 326 g/mol. The van der Waals surface area contributed by atoms with Crippen LogP contribution < -0.4 is 15.0 Å². The minimum atomic E-state index is -0.110. The van der Waals surface area contributed by atoms with Gasteiger partial charge in [0.15, 0.2) is 0 Å². The lowest BCUT2D eigenvalue weighted by molar-refractivity contribution is 0.188. The first-order chi connectivity index (χ1) is 12.6. The standard InChI is InChI=1S/C22H23NO3/c1-17-7-6-8-19(13-17)23-12-11-21(14-22(23)24)26-16-18(2)15-25-20-9-4-3-5-10-20/h3-14,18H,15-16H2,1-2H3/t18-/m1/s1. The highest BCUT2D eigenvalue weighted by Crippen LogP contribution is 2.14. The van der Waals surface area contributed by atoms with Crippen molar-refractivity contribution < 1.29 is 9.47 Å². The number of aryl methyl sites for hydroxylation is 1. The van der Waals surface area contributed by atoms with Crippen LogP contribution in [0.4, 0.5) is 0 Å². The van der Waals surface area contributed by atoms with Crippen LogP contribution in [-0.2, 0) is 0 Å². The predicted octanol–water partition coefficient (Wildman–Crippen LogP) is 4.24. The van der Waals surface area contributed by atoms with Crippen molar-refractivity contribution in [1.82, 2.24) is 4.57 Å². The number of nitrogens with zero attached hydrogens (tertiary/aromatic N) is 1. The Morgan fingerprint density at radius 3 is 2.31 bits per heavy atom. The maximum Gasteiger partial charge on any atom is 0.258 e. The molecule has 0 N–H and O–H groups in total. The molecule has 4 heteroatoms. The summed E-state index contributed by atoms with van der Waals surface area (Å²) in [4.78, 5) is 12.4. The van der Waals surface area contributed by atoms with Crippen LogP contribution in [0, 0.1) is 12.8 Å². The lowest BCUT2D eigenvalue weighted by Crippen LogP contribution is -2.19. The molecule has 0 unspecified atom stereocenters. The van der Waals surface area contributed by atoms with Crippen molar-refractivity contribution in [3.8, 4) is 17.2 Å². The molecule has 0 fully saturated rings. The van der Waals surface area contributed by atoms with E-state index in [-0.39, 0.29) is 11.5 Å². The van der Waals surface area contributed by atoms with Gasteiger partial charge in [0.1, 0.15) is 11.5 Å². The molecule has 3 aromatic rings. The number of hydrogen-bond donors (Lipinski definition) is 0. The Morgan fingerprint density at radius 2 is 1.62 bits per heavy atom. The van der Waals surface area contributed by atoms with Gasteiger partial charge < -0.3 is 9.47 Å². The zero-order valence-electron chi connectivity index (χ0n) is 15.1. The normalized spacial score (nSPS) is 11.8. The van der Waals surface area contributed by atoms with Crippen molar-refractivity contribution in [2.75, 3.05) is 13.2 Å². The average molecular weight is 349 g/mol. The number of benzene rings is 2. The fourth-order valence-corrected chi connectivity index (χ4v) is 2.58. The fourth-order valence-electron chi connectivity index (χ4n) is 2.58. The van der Waals surface area contributed by atoms with E-state index in [1.165, 1.54) is 6.07 Å². The summed E-state index contributed by atoms with van der Waals surface area (Å²) < 4.78 is 13.1. The van der Waals surface area contributed by atoms with E-state index in [1.807, 2.05) is 67.6 Å². The number of para-hydroxylation sites is 1. The van der Waals surface area contributed by atoms with Gasteiger partial charge in [0.2, 0.25) is 0 Å². The van der Waals surface area contributed by atoms with E-state index < -0.39 is 0 Å². The predicted molar refractivity (Wildman–Crippen MR) is 103 cm³/mol. The van der Waals surface area contributed by atoms with E-state index in [0.29, 0.717) is 19.0 Å².